The summed E-state index contributed by atoms with van der Waals surface area (Å²) < 4.78 is 37.8. The van der Waals surface area contributed by atoms with Crippen molar-refractivity contribution in [3.8, 4) is 0 Å². The molecule has 1 N–H and O–H groups in total. The van der Waals surface area contributed by atoms with Gasteiger partial charge in [0.25, 0.3) is 5.91 Å². The van der Waals surface area contributed by atoms with Gasteiger partial charge in [-0.1, -0.05) is 6.07 Å². The third kappa shape index (κ3) is 6.00. The summed E-state index contributed by atoms with van der Waals surface area (Å²) in [5.41, 5.74) is 2.27. The first-order chi connectivity index (χ1) is 14.2. The Morgan fingerprint density at radius 2 is 2.07 bits per heavy atom. The molecule has 2 fully saturated rings. The van der Waals surface area contributed by atoms with E-state index in [-0.39, 0.29) is 12.0 Å². The third-order valence-electron chi connectivity index (χ3n) is 4.75. The molecular weight excluding hydrogens is 443 g/mol. The van der Waals surface area contributed by atoms with E-state index < -0.39 is 12.1 Å². The fourth-order valence-electron chi connectivity index (χ4n) is 3.40. The van der Waals surface area contributed by atoms with Crippen molar-refractivity contribution < 1.29 is 32.6 Å². The molecule has 2 aliphatic rings. The Hall–Kier alpha value is -2.02. The lowest BCUT2D eigenvalue weighted by Crippen LogP contribution is -2.37. The minimum Gasteiger partial charge on any atom is -0.475 e. The van der Waals surface area contributed by atoms with Crippen LogP contribution in [0.2, 0.25) is 0 Å². The lowest BCUT2D eigenvalue weighted by molar-refractivity contribution is -0.192. The highest BCUT2D eigenvalue weighted by Crippen LogP contribution is 2.26. The predicted molar refractivity (Wildman–Crippen MR) is 105 cm³/mol. The van der Waals surface area contributed by atoms with Crippen molar-refractivity contribution in [3.05, 3.63) is 39.0 Å². The van der Waals surface area contributed by atoms with E-state index in [9.17, 15) is 18.0 Å². The summed E-state index contributed by atoms with van der Waals surface area (Å²) in [5, 5.41) is 11.1. The first-order valence-electron chi connectivity index (χ1n) is 9.08. The zero-order chi connectivity index (χ0) is 21.7. The number of likely N-dealkylation sites (tertiary alicyclic amines) is 1. The maximum absolute atomic E-state index is 12.5. The standard InChI is InChI=1S/C16H19N3O2S2.C2HF3O2/c20-16(14-10-22-11-17-14)19-3-4-21-15-9-18(6-12(15)7-19)8-13-2-1-5-23-13;3-2(4,5)1(6)7/h1-2,5,10-12,15H,3-4,6-9H2;(H,6,7)/t12-,15-;/m1./s1. The second kappa shape index (κ2) is 9.86. The molecule has 0 radical (unpaired) electrons. The molecule has 0 unspecified atom stereocenters. The average Bonchev–Trinajstić information content (AvgIpc) is 3.42. The maximum atomic E-state index is 12.5. The number of carbonyl (C=O) groups excluding carboxylic acids is 1. The lowest BCUT2D eigenvalue weighted by Gasteiger charge is -2.22. The highest BCUT2D eigenvalue weighted by Gasteiger charge is 2.39. The minimum atomic E-state index is -5.08. The van der Waals surface area contributed by atoms with Gasteiger partial charge in [-0.05, 0) is 11.4 Å². The number of carboxylic acid groups (broad SMARTS) is 1. The monoisotopic (exact) mass is 463 g/mol. The van der Waals surface area contributed by atoms with Crippen LogP contribution in [0.4, 0.5) is 13.2 Å². The number of carboxylic acids is 1. The topological polar surface area (TPSA) is 83.0 Å². The number of halogens is 3. The Balaban J connectivity index is 0.000000318. The number of aromatic nitrogens is 1. The predicted octanol–water partition coefficient (Wildman–Crippen LogP) is 2.81. The van der Waals surface area contributed by atoms with Crippen molar-refractivity contribution in [2.24, 2.45) is 5.92 Å². The van der Waals surface area contributed by atoms with Crippen LogP contribution in [0.25, 0.3) is 0 Å². The summed E-state index contributed by atoms with van der Waals surface area (Å²) in [5.74, 6) is -2.33. The van der Waals surface area contributed by atoms with E-state index in [2.05, 4.69) is 27.4 Å². The van der Waals surface area contributed by atoms with E-state index in [1.165, 1.54) is 16.2 Å². The molecule has 2 saturated heterocycles. The Morgan fingerprint density at radius 1 is 1.30 bits per heavy atom. The number of hydrogen-bond donors (Lipinski definition) is 1. The SMILES string of the molecule is O=C(O)C(F)(F)F.O=C(c1cscn1)N1CCO[C@@H]2CN(Cc3cccs3)C[C@@H]2C1. The van der Waals surface area contributed by atoms with Gasteiger partial charge < -0.3 is 14.7 Å². The number of aliphatic carboxylic acids is 1. The molecule has 0 spiro atoms. The normalized spacial score (nSPS) is 22.0. The molecule has 0 aromatic carbocycles. The van der Waals surface area contributed by atoms with E-state index in [0.29, 0.717) is 24.8 Å². The van der Waals surface area contributed by atoms with Crippen molar-refractivity contribution in [1.29, 1.82) is 0 Å². The van der Waals surface area contributed by atoms with Gasteiger partial charge in [0.15, 0.2) is 0 Å². The molecule has 12 heteroatoms. The molecule has 2 aromatic rings. The number of hydrogen-bond acceptors (Lipinski definition) is 7. The smallest absolute Gasteiger partial charge is 0.475 e. The summed E-state index contributed by atoms with van der Waals surface area (Å²) in [6.07, 6.45) is -4.84. The van der Waals surface area contributed by atoms with Gasteiger partial charge in [-0.15, -0.1) is 22.7 Å². The summed E-state index contributed by atoms with van der Waals surface area (Å²) in [6.45, 7) is 4.97. The number of alkyl halides is 3. The van der Waals surface area contributed by atoms with Gasteiger partial charge in [-0.3, -0.25) is 9.69 Å². The number of thiazole rings is 1. The van der Waals surface area contributed by atoms with Gasteiger partial charge in [0.1, 0.15) is 5.69 Å². The number of carbonyl (C=O) groups is 2. The van der Waals surface area contributed by atoms with E-state index in [1.54, 1.807) is 16.8 Å². The van der Waals surface area contributed by atoms with Gasteiger partial charge in [0.05, 0.1) is 18.2 Å². The Morgan fingerprint density at radius 3 is 2.67 bits per heavy atom. The van der Waals surface area contributed by atoms with Gasteiger partial charge in [-0.2, -0.15) is 13.2 Å². The molecule has 4 rings (SSSR count). The van der Waals surface area contributed by atoms with Crippen LogP contribution < -0.4 is 0 Å². The molecule has 0 aliphatic carbocycles. The second-order valence-corrected chi connectivity index (χ2v) is 8.62. The van der Waals surface area contributed by atoms with Crippen molar-refractivity contribution in [1.82, 2.24) is 14.8 Å². The number of rotatable bonds is 3. The van der Waals surface area contributed by atoms with Crippen LogP contribution in [0.15, 0.2) is 28.4 Å². The van der Waals surface area contributed by atoms with Gasteiger partial charge >= 0.3 is 12.1 Å². The zero-order valence-electron chi connectivity index (χ0n) is 15.7. The van der Waals surface area contributed by atoms with E-state index >= 15 is 0 Å². The van der Waals surface area contributed by atoms with Crippen LogP contribution >= 0.6 is 22.7 Å². The quantitative estimate of drug-likeness (QED) is 0.754. The summed E-state index contributed by atoms with van der Waals surface area (Å²) in [4.78, 5) is 31.3. The van der Waals surface area contributed by atoms with Crippen LogP contribution in [0, 0.1) is 5.92 Å². The molecule has 4 heterocycles. The average molecular weight is 464 g/mol. The van der Waals surface area contributed by atoms with Gasteiger partial charge in [-0.25, -0.2) is 9.78 Å². The third-order valence-corrected chi connectivity index (χ3v) is 6.19. The van der Waals surface area contributed by atoms with Crippen LogP contribution in [-0.4, -0.2) is 76.8 Å². The summed E-state index contributed by atoms with van der Waals surface area (Å²) in [7, 11) is 0. The van der Waals surface area contributed by atoms with Crippen LogP contribution in [0.1, 0.15) is 15.4 Å². The molecule has 0 bridgehead atoms. The zero-order valence-corrected chi connectivity index (χ0v) is 17.4. The highest BCUT2D eigenvalue weighted by atomic mass is 32.1. The van der Waals surface area contributed by atoms with Gasteiger partial charge in [0, 0.05) is 48.9 Å². The maximum Gasteiger partial charge on any atom is 0.490 e. The van der Waals surface area contributed by atoms with Crippen molar-refractivity contribution in [2.45, 2.75) is 18.8 Å². The van der Waals surface area contributed by atoms with Crippen molar-refractivity contribution in [2.75, 3.05) is 32.8 Å². The Bertz CT molecular complexity index is 830. The minimum absolute atomic E-state index is 0.0345. The molecule has 7 nitrogen and oxygen atoms in total. The summed E-state index contributed by atoms with van der Waals surface area (Å²) in [6, 6.07) is 4.27. The Labute approximate surface area is 178 Å². The lowest BCUT2D eigenvalue weighted by atomic mass is 10.1. The molecule has 164 valence electrons. The number of ether oxygens (including phenoxy) is 1. The second-order valence-electron chi connectivity index (χ2n) is 6.87. The first kappa shape index (κ1) is 22.7. The van der Waals surface area contributed by atoms with Gasteiger partial charge in [0.2, 0.25) is 0 Å². The fourth-order valence-corrected chi connectivity index (χ4v) is 4.67. The highest BCUT2D eigenvalue weighted by molar-refractivity contribution is 7.09. The molecule has 2 atom stereocenters. The van der Waals surface area contributed by atoms with E-state index in [4.69, 9.17) is 14.6 Å². The molecule has 1 amide bonds. The number of nitrogens with zero attached hydrogens (tertiary/aromatic N) is 3. The number of fused-ring (bicyclic) bond motifs is 1. The van der Waals surface area contributed by atoms with Crippen LogP contribution in [-0.2, 0) is 16.1 Å². The van der Waals surface area contributed by atoms with Crippen LogP contribution in [0.5, 0.6) is 0 Å². The van der Waals surface area contributed by atoms with Crippen LogP contribution in [0.3, 0.4) is 0 Å². The van der Waals surface area contributed by atoms with Crippen molar-refractivity contribution >= 4 is 34.6 Å². The molecule has 2 aromatic heterocycles. The fraction of sp³-hybridized carbons (Fsp3) is 0.500. The van der Waals surface area contributed by atoms with E-state index in [1.807, 2.05) is 10.3 Å². The largest absolute Gasteiger partial charge is 0.490 e. The first-order valence-corrected chi connectivity index (χ1v) is 10.9. The molecule has 30 heavy (non-hydrogen) atoms. The molecule has 0 saturated carbocycles. The number of thiophene rings is 1. The number of amides is 1. The molecular formula is C18H20F3N3O4S2. The van der Waals surface area contributed by atoms with Crippen molar-refractivity contribution in [3.63, 3.8) is 0 Å². The Kier molecular flexibility index (Phi) is 7.45. The molecule has 2 aliphatic heterocycles. The summed E-state index contributed by atoms with van der Waals surface area (Å²) >= 11 is 3.26. The van der Waals surface area contributed by atoms with E-state index in [0.717, 1.165) is 26.2 Å².